The summed E-state index contributed by atoms with van der Waals surface area (Å²) in [5.74, 6) is 1.15. The first-order valence-corrected chi connectivity index (χ1v) is 11.7. The van der Waals surface area contributed by atoms with Crippen LogP contribution in [0.2, 0.25) is 0 Å². The third-order valence-electron chi connectivity index (χ3n) is 5.14. The molecule has 0 spiro atoms. The summed E-state index contributed by atoms with van der Waals surface area (Å²) in [7, 11) is 0. The third kappa shape index (κ3) is 3.48. The van der Waals surface area contributed by atoms with Crippen LogP contribution in [0.5, 0.6) is 0 Å². The van der Waals surface area contributed by atoms with E-state index in [1.807, 2.05) is 4.57 Å². The maximum atomic E-state index is 9.64. The molecule has 4 aromatic heterocycles. The van der Waals surface area contributed by atoms with E-state index in [2.05, 4.69) is 27.1 Å². The number of hydrogen-bond acceptors (Lipinski definition) is 9. The normalized spacial score (nSPS) is 13.7. The highest BCUT2D eigenvalue weighted by molar-refractivity contribution is 7.99. The van der Waals surface area contributed by atoms with E-state index in [9.17, 15) is 5.11 Å². The number of nitrogens with zero attached hydrogens (tertiary/aromatic N) is 7. The zero-order chi connectivity index (χ0) is 20.5. The van der Waals surface area contributed by atoms with E-state index in [0.717, 1.165) is 46.2 Å². The maximum Gasteiger partial charge on any atom is 0.197 e. The Labute approximate surface area is 181 Å². The number of hydrogen-bond donors (Lipinski definition) is 1. The molecule has 1 aliphatic rings. The molecule has 4 aromatic rings. The van der Waals surface area contributed by atoms with Crippen LogP contribution in [0.4, 0.5) is 0 Å². The first-order valence-electron chi connectivity index (χ1n) is 10.1. The highest BCUT2D eigenvalue weighted by Gasteiger charge is 2.24. The summed E-state index contributed by atoms with van der Waals surface area (Å²) >= 11 is 3.25. The van der Waals surface area contributed by atoms with Crippen LogP contribution in [-0.2, 0) is 26.0 Å². The molecule has 0 aliphatic heterocycles. The molecule has 0 aromatic carbocycles. The minimum absolute atomic E-state index is 0.133. The second-order valence-electron chi connectivity index (χ2n) is 7.14. The highest BCUT2D eigenvalue weighted by Crippen LogP contribution is 2.42. The summed E-state index contributed by atoms with van der Waals surface area (Å²) in [5.41, 5.74) is 2.03. The molecule has 0 amide bonds. The van der Waals surface area contributed by atoms with Crippen molar-refractivity contribution in [2.75, 3.05) is 0 Å². The molecule has 0 saturated heterocycles. The monoisotopic (exact) mass is 439 g/mol. The largest absolute Gasteiger partial charge is 0.388 e. The molecule has 8 nitrogen and oxygen atoms in total. The lowest BCUT2D eigenvalue weighted by atomic mass is 9.97. The Morgan fingerprint density at radius 3 is 2.87 bits per heavy atom. The van der Waals surface area contributed by atoms with Gasteiger partial charge in [-0.15, -0.1) is 21.5 Å². The lowest BCUT2D eigenvalue weighted by Gasteiger charge is -2.12. The molecule has 30 heavy (non-hydrogen) atoms. The fraction of sp³-hybridized carbons (Fsp3) is 0.400. The molecule has 10 heteroatoms. The van der Waals surface area contributed by atoms with Crippen LogP contribution in [0.15, 0.2) is 28.8 Å². The molecule has 0 saturated carbocycles. The summed E-state index contributed by atoms with van der Waals surface area (Å²) in [4.78, 5) is 20.7. The van der Waals surface area contributed by atoms with Crippen molar-refractivity contribution in [3.05, 3.63) is 34.9 Å². The van der Waals surface area contributed by atoms with Crippen molar-refractivity contribution in [3.63, 3.8) is 0 Å². The Morgan fingerprint density at radius 1 is 1.17 bits per heavy atom. The Bertz CT molecular complexity index is 1190. The number of aromatic nitrogens is 7. The van der Waals surface area contributed by atoms with Gasteiger partial charge in [0.2, 0.25) is 0 Å². The number of thiophene rings is 1. The van der Waals surface area contributed by atoms with Gasteiger partial charge in [0.05, 0.1) is 6.20 Å². The van der Waals surface area contributed by atoms with E-state index in [-0.39, 0.29) is 6.61 Å². The van der Waals surface area contributed by atoms with Gasteiger partial charge in [0.25, 0.3) is 0 Å². The van der Waals surface area contributed by atoms with Gasteiger partial charge in [0, 0.05) is 29.2 Å². The summed E-state index contributed by atoms with van der Waals surface area (Å²) in [6.45, 7) is 2.71. The molecule has 0 bridgehead atoms. The summed E-state index contributed by atoms with van der Waals surface area (Å²) in [5, 5.41) is 20.9. The van der Waals surface area contributed by atoms with Crippen molar-refractivity contribution in [1.82, 2.24) is 34.7 Å². The fourth-order valence-corrected chi connectivity index (χ4v) is 6.11. The van der Waals surface area contributed by atoms with E-state index < -0.39 is 0 Å². The van der Waals surface area contributed by atoms with Gasteiger partial charge in [-0.3, -0.25) is 4.98 Å². The van der Waals surface area contributed by atoms with E-state index in [4.69, 9.17) is 9.97 Å². The SMILES string of the molecule is CCCn1c(CO)nnc1Sc1nc(-c2cnccn2)nc2sc3c(c12)CCCC3. The standard InChI is InChI=1S/C20H21N7OS2/c1-2-9-27-15(11-28)25-26-20(27)30-19-16-12-5-3-4-6-14(12)29-18(16)23-17(24-19)13-10-21-7-8-22-13/h7-8,10,28H,2-6,9,11H2,1H3. The van der Waals surface area contributed by atoms with E-state index >= 15 is 0 Å². The first kappa shape index (κ1) is 19.5. The predicted octanol–water partition coefficient (Wildman–Crippen LogP) is 3.67. The lowest BCUT2D eigenvalue weighted by Crippen LogP contribution is -2.05. The smallest absolute Gasteiger partial charge is 0.197 e. The summed E-state index contributed by atoms with van der Waals surface area (Å²) < 4.78 is 1.97. The summed E-state index contributed by atoms with van der Waals surface area (Å²) in [6, 6.07) is 0. The van der Waals surface area contributed by atoms with Crippen molar-refractivity contribution in [3.8, 4) is 11.5 Å². The van der Waals surface area contributed by atoms with Gasteiger partial charge in [0.15, 0.2) is 16.8 Å². The van der Waals surface area contributed by atoms with E-state index in [1.54, 1.807) is 29.9 Å². The Balaban J connectivity index is 1.68. The molecular weight excluding hydrogens is 418 g/mol. The van der Waals surface area contributed by atoms with Crippen LogP contribution in [0.3, 0.4) is 0 Å². The van der Waals surface area contributed by atoms with Crippen molar-refractivity contribution >= 4 is 33.3 Å². The number of aliphatic hydroxyl groups excluding tert-OH is 1. The van der Waals surface area contributed by atoms with Crippen LogP contribution in [0.1, 0.15) is 42.5 Å². The van der Waals surface area contributed by atoms with Gasteiger partial charge < -0.3 is 9.67 Å². The van der Waals surface area contributed by atoms with Crippen LogP contribution in [0.25, 0.3) is 21.7 Å². The van der Waals surface area contributed by atoms with Crippen molar-refractivity contribution in [2.24, 2.45) is 0 Å². The molecule has 0 fully saturated rings. The van der Waals surface area contributed by atoms with Crippen LogP contribution >= 0.6 is 23.1 Å². The van der Waals surface area contributed by atoms with Crippen molar-refractivity contribution in [1.29, 1.82) is 0 Å². The average Bonchev–Trinajstić information content (AvgIpc) is 3.35. The highest BCUT2D eigenvalue weighted by atomic mass is 32.2. The molecule has 154 valence electrons. The van der Waals surface area contributed by atoms with Gasteiger partial charge in [-0.2, -0.15) is 0 Å². The van der Waals surface area contributed by atoms with Crippen LogP contribution in [-0.4, -0.2) is 39.8 Å². The van der Waals surface area contributed by atoms with E-state index in [0.29, 0.717) is 17.3 Å². The number of fused-ring (bicyclic) bond motifs is 3. The zero-order valence-corrected chi connectivity index (χ0v) is 18.2. The lowest BCUT2D eigenvalue weighted by molar-refractivity contribution is 0.263. The van der Waals surface area contributed by atoms with Crippen molar-refractivity contribution < 1.29 is 5.11 Å². The quantitative estimate of drug-likeness (QED) is 0.454. The minimum atomic E-state index is -0.133. The van der Waals surface area contributed by atoms with Crippen LogP contribution < -0.4 is 0 Å². The van der Waals surface area contributed by atoms with Gasteiger partial charge >= 0.3 is 0 Å². The predicted molar refractivity (Wildman–Crippen MR) is 115 cm³/mol. The Hall–Kier alpha value is -2.43. The fourth-order valence-electron chi connectivity index (χ4n) is 3.77. The average molecular weight is 440 g/mol. The Morgan fingerprint density at radius 2 is 2.07 bits per heavy atom. The number of aliphatic hydroxyl groups is 1. The molecule has 4 heterocycles. The van der Waals surface area contributed by atoms with Crippen molar-refractivity contribution in [2.45, 2.75) is 62.4 Å². The van der Waals surface area contributed by atoms with Gasteiger partial charge in [-0.05, 0) is 49.4 Å². The maximum absolute atomic E-state index is 9.64. The first-order chi connectivity index (χ1) is 14.8. The summed E-state index contributed by atoms with van der Waals surface area (Å²) in [6.07, 6.45) is 10.5. The molecule has 0 atom stereocenters. The molecule has 5 rings (SSSR count). The van der Waals surface area contributed by atoms with Gasteiger partial charge in [-0.1, -0.05) is 6.92 Å². The van der Waals surface area contributed by atoms with E-state index in [1.165, 1.54) is 35.0 Å². The molecule has 1 aliphatic carbocycles. The third-order valence-corrected chi connectivity index (χ3v) is 7.30. The molecular formula is C20H21N7OS2. The second-order valence-corrected chi connectivity index (χ2v) is 9.18. The number of rotatable bonds is 6. The molecule has 0 unspecified atom stereocenters. The van der Waals surface area contributed by atoms with Crippen LogP contribution in [0, 0.1) is 0 Å². The van der Waals surface area contributed by atoms with Gasteiger partial charge in [0.1, 0.15) is 22.2 Å². The molecule has 0 radical (unpaired) electrons. The second kappa shape index (κ2) is 8.37. The topological polar surface area (TPSA) is 102 Å². The Kier molecular flexibility index (Phi) is 5.45. The number of aryl methyl sites for hydroxylation is 2. The minimum Gasteiger partial charge on any atom is -0.388 e. The van der Waals surface area contributed by atoms with Gasteiger partial charge in [-0.25, -0.2) is 15.0 Å². The molecule has 1 N–H and O–H groups in total. The zero-order valence-electron chi connectivity index (χ0n) is 16.6.